The van der Waals surface area contributed by atoms with Crippen molar-refractivity contribution >= 4 is 12.0 Å². The summed E-state index contributed by atoms with van der Waals surface area (Å²) >= 11 is 0. The Morgan fingerprint density at radius 2 is 2.12 bits per heavy atom. The van der Waals surface area contributed by atoms with Gasteiger partial charge in [0.1, 0.15) is 0 Å². The van der Waals surface area contributed by atoms with Gasteiger partial charge in [-0.1, -0.05) is 6.07 Å². The van der Waals surface area contributed by atoms with Crippen LogP contribution >= 0.6 is 0 Å². The molecule has 1 aliphatic heterocycles. The fraction of sp³-hybridized carbons (Fsp3) is 0.529. The van der Waals surface area contributed by atoms with Crippen LogP contribution in [0, 0.1) is 5.82 Å². The molecule has 2 unspecified atom stereocenters. The second-order valence-electron chi connectivity index (χ2n) is 5.79. The summed E-state index contributed by atoms with van der Waals surface area (Å²) in [5.41, 5.74) is 0.865. The Morgan fingerprint density at radius 1 is 1.38 bits per heavy atom. The summed E-state index contributed by atoms with van der Waals surface area (Å²) in [5, 5.41) is 2.49. The summed E-state index contributed by atoms with van der Waals surface area (Å²) in [5.74, 6) is -0.126. The van der Waals surface area contributed by atoms with Crippen molar-refractivity contribution in [2.45, 2.75) is 31.7 Å². The number of amides is 2. The van der Waals surface area contributed by atoms with E-state index in [1.165, 1.54) is 20.3 Å². The number of halogens is 1. The van der Waals surface area contributed by atoms with E-state index in [4.69, 9.17) is 4.74 Å². The lowest BCUT2D eigenvalue weighted by Crippen LogP contribution is -2.37. The molecule has 132 valence electrons. The van der Waals surface area contributed by atoms with Crippen molar-refractivity contribution in [1.82, 2.24) is 10.2 Å². The number of hydrogen-bond acceptors (Lipinski definition) is 4. The van der Waals surface area contributed by atoms with Gasteiger partial charge >= 0.3 is 6.09 Å². The first-order valence-corrected chi connectivity index (χ1v) is 7.92. The van der Waals surface area contributed by atoms with Crippen LogP contribution in [0.4, 0.5) is 9.18 Å². The summed E-state index contributed by atoms with van der Waals surface area (Å²) in [7, 11) is 2.71. The number of carbonyl (C=O) groups is 2. The van der Waals surface area contributed by atoms with Gasteiger partial charge < -0.3 is 19.7 Å². The molecule has 1 heterocycles. The maximum Gasteiger partial charge on any atom is 0.406 e. The quantitative estimate of drug-likeness (QED) is 0.894. The second-order valence-corrected chi connectivity index (χ2v) is 5.79. The molecule has 2 atom stereocenters. The van der Waals surface area contributed by atoms with Crippen LogP contribution in [0.15, 0.2) is 18.2 Å². The van der Waals surface area contributed by atoms with E-state index >= 15 is 0 Å². The van der Waals surface area contributed by atoms with Gasteiger partial charge in [0, 0.05) is 31.5 Å². The smallest absolute Gasteiger partial charge is 0.406 e. The number of ether oxygens (including phenoxy) is 2. The molecule has 1 aliphatic rings. The Balaban J connectivity index is 1.96. The van der Waals surface area contributed by atoms with Crippen LogP contribution in [0.3, 0.4) is 0 Å². The highest BCUT2D eigenvalue weighted by atomic mass is 19.1. The highest BCUT2D eigenvalue weighted by Crippen LogP contribution is 2.35. The third kappa shape index (κ3) is 3.96. The van der Waals surface area contributed by atoms with E-state index in [2.05, 4.69) is 10.1 Å². The molecule has 1 aromatic carbocycles. The van der Waals surface area contributed by atoms with Gasteiger partial charge in [0.15, 0.2) is 11.6 Å². The number of methoxy groups -OCH3 is 2. The normalized spacial score (nSPS) is 19.9. The second kappa shape index (κ2) is 7.99. The number of carbonyl (C=O) groups excluding carboxylic acids is 2. The lowest BCUT2D eigenvalue weighted by atomic mass is 9.92. The highest BCUT2D eigenvalue weighted by Gasteiger charge is 2.34. The van der Waals surface area contributed by atoms with Crippen molar-refractivity contribution in [1.29, 1.82) is 0 Å². The van der Waals surface area contributed by atoms with Gasteiger partial charge in [-0.3, -0.25) is 4.79 Å². The molecule has 0 aromatic heterocycles. The van der Waals surface area contributed by atoms with E-state index in [1.807, 2.05) is 13.0 Å². The first-order valence-electron chi connectivity index (χ1n) is 7.92. The molecule has 2 rings (SSSR count). The third-order valence-corrected chi connectivity index (χ3v) is 4.47. The predicted molar refractivity (Wildman–Crippen MR) is 86.5 cm³/mol. The van der Waals surface area contributed by atoms with Gasteiger partial charge in [-0.05, 0) is 31.0 Å². The average Bonchev–Trinajstić information content (AvgIpc) is 2.96. The van der Waals surface area contributed by atoms with Crippen LogP contribution in [-0.2, 0) is 9.53 Å². The minimum atomic E-state index is -0.552. The number of rotatable bonds is 5. The van der Waals surface area contributed by atoms with Crippen LogP contribution in [-0.4, -0.2) is 50.3 Å². The van der Waals surface area contributed by atoms with Gasteiger partial charge in [-0.15, -0.1) is 0 Å². The largest absolute Gasteiger partial charge is 0.494 e. The Bertz CT molecular complexity index is 608. The Labute approximate surface area is 140 Å². The van der Waals surface area contributed by atoms with Gasteiger partial charge in [0.25, 0.3) is 0 Å². The average molecular weight is 338 g/mol. The SMILES string of the molecule is COC(=O)NCCC(=O)N1CCC(c2ccc(OC)c(F)c2)C1C. The van der Waals surface area contributed by atoms with Crippen LogP contribution in [0.25, 0.3) is 0 Å². The number of hydrogen-bond donors (Lipinski definition) is 1. The number of nitrogens with one attached hydrogen (secondary N) is 1. The zero-order valence-electron chi connectivity index (χ0n) is 14.2. The molecule has 1 N–H and O–H groups in total. The van der Waals surface area contributed by atoms with Crippen LogP contribution in [0.2, 0.25) is 0 Å². The molecular weight excluding hydrogens is 315 g/mol. The topological polar surface area (TPSA) is 67.9 Å². The summed E-state index contributed by atoms with van der Waals surface area (Å²) in [6.45, 7) is 2.82. The molecule has 0 bridgehead atoms. The fourth-order valence-corrected chi connectivity index (χ4v) is 3.14. The molecular formula is C17H23FN2O4. The van der Waals surface area contributed by atoms with Crippen LogP contribution in [0.5, 0.6) is 5.75 Å². The maximum atomic E-state index is 13.9. The molecule has 7 heteroatoms. The maximum absolute atomic E-state index is 13.9. The molecule has 1 fully saturated rings. The summed E-state index contributed by atoms with van der Waals surface area (Å²) in [4.78, 5) is 25.1. The van der Waals surface area contributed by atoms with Crippen molar-refractivity contribution in [2.24, 2.45) is 0 Å². The fourth-order valence-electron chi connectivity index (χ4n) is 3.14. The zero-order valence-corrected chi connectivity index (χ0v) is 14.2. The summed E-state index contributed by atoms with van der Waals surface area (Å²) in [6, 6.07) is 4.91. The molecule has 1 saturated heterocycles. The lowest BCUT2D eigenvalue weighted by Gasteiger charge is -2.25. The number of nitrogens with zero attached hydrogens (tertiary/aromatic N) is 1. The molecule has 0 saturated carbocycles. The first kappa shape index (κ1) is 18.0. The number of benzene rings is 1. The van der Waals surface area contributed by atoms with Gasteiger partial charge in [0.05, 0.1) is 14.2 Å². The van der Waals surface area contributed by atoms with Gasteiger partial charge in [-0.2, -0.15) is 0 Å². The van der Waals surface area contributed by atoms with Crippen molar-refractivity contribution in [3.63, 3.8) is 0 Å². The molecule has 6 nitrogen and oxygen atoms in total. The summed E-state index contributed by atoms with van der Waals surface area (Å²) in [6.07, 6.45) is 0.440. The van der Waals surface area contributed by atoms with E-state index in [9.17, 15) is 14.0 Å². The van der Waals surface area contributed by atoms with Crippen molar-refractivity contribution in [2.75, 3.05) is 27.3 Å². The molecule has 0 radical (unpaired) electrons. The lowest BCUT2D eigenvalue weighted by molar-refractivity contribution is -0.131. The Hall–Kier alpha value is -2.31. The number of likely N-dealkylation sites (tertiary alicyclic amines) is 1. The van der Waals surface area contributed by atoms with Crippen molar-refractivity contribution < 1.29 is 23.5 Å². The monoisotopic (exact) mass is 338 g/mol. The van der Waals surface area contributed by atoms with Crippen LogP contribution < -0.4 is 10.1 Å². The molecule has 0 spiro atoms. The molecule has 1 aromatic rings. The summed E-state index contributed by atoms with van der Waals surface area (Å²) < 4.78 is 23.3. The van der Waals surface area contributed by atoms with E-state index in [1.54, 1.807) is 11.0 Å². The Morgan fingerprint density at radius 3 is 2.75 bits per heavy atom. The minimum Gasteiger partial charge on any atom is -0.494 e. The number of alkyl carbamates (subject to hydrolysis) is 1. The van der Waals surface area contributed by atoms with Crippen molar-refractivity contribution in [3.8, 4) is 5.75 Å². The van der Waals surface area contributed by atoms with Gasteiger partial charge in [0.2, 0.25) is 5.91 Å². The zero-order chi connectivity index (χ0) is 17.7. The first-order chi connectivity index (χ1) is 11.5. The van der Waals surface area contributed by atoms with E-state index in [-0.39, 0.29) is 36.6 Å². The molecule has 2 amide bonds. The van der Waals surface area contributed by atoms with Gasteiger partial charge in [-0.25, -0.2) is 9.18 Å². The third-order valence-electron chi connectivity index (χ3n) is 4.47. The van der Waals surface area contributed by atoms with Crippen molar-refractivity contribution in [3.05, 3.63) is 29.6 Å². The molecule has 24 heavy (non-hydrogen) atoms. The van der Waals surface area contributed by atoms with E-state index in [0.29, 0.717) is 6.54 Å². The predicted octanol–water partition coefficient (Wildman–Crippen LogP) is 2.28. The standard InChI is InChI=1S/C17H23FN2O4/c1-11-13(12-4-5-15(23-2)14(18)10-12)7-9-20(11)16(21)6-8-19-17(22)24-3/h4-5,10-11,13H,6-9H2,1-3H3,(H,19,22). The van der Waals surface area contributed by atoms with E-state index < -0.39 is 11.9 Å². The molecule has 0 aliphatic carbocycles. The highest BCUT2D eigenvalue weighted by molar-refractivity contribution is 5.78. The van der Waals surface area contributed by atoms with Crippen LogP contribution in [0.1, 0.15) is 31.2 Å². The van der Waals surface area contributed by atoms with E-state index in [0.717, 1.165) is 12.0 Å². The Kier molecular flexibility index (Phi) is 6.00. The minimum absolute atomic E-state index is 0.0246.